The zero-order chi connectivity index (χ0) is 29.1. The Bertz CT molecular complexity index is 1530. The molecule has 2 N–H and O–H groups in total. The van der Waals surface area contributed by atoms with Gasteiger partial charge >= 0.3 is 0 Å². The maximum atomic E-state index is 14.8. The number of nitrogens with one attached hydrogen (secondary N) is 2. The highest BCUT2D eigenvalue weighted by Gasteiger charge is 2.30. The number of halogens is 1. The Labute approximate surface area is 231 Å². The summed E-state index contributed by atoms with van der Waals surface area (Å²) in [7, 11) is 4.53. The fourth-order valence-electron chi connectivity index (χ4n) is 4.60. The molecule has 2 aromatic carbocycles. The van der Waals surface area contributed by atoms with Gasteiger partial charge in [0.2, 0.25) is 6.41 Å². The second-order valence-electron chi connectivity index (χ2n) is 9.93. The van der Waals surface area contributed by atoms with Crippen molar-refractivity contribution in [2.24, 2.45) is 7.05 Å². The number of carbonyl (C=O) groups excluding carboxylic acids is 3. The summed E-state index contributed by atoms with van der Waals surface area (Å²) in [5.74, 6) is -1.43. The van der Waals surface area contributed by atoms with Crippen LogP contribution in [0.2, 0.25) is 0 Å². The lowest BCUT2D eigenvalue weighted by Gasteiger charge is -2.27. The van der Waals surface area contributed by atoms with Crippen molar-refractivity contribution < 1.29 is 23.5 Å². The Kier molecular flexibility index (Phi) is 8.34. The molecule has 4 rings (SSSR count). The summed E-state index contributed by atoms with van der Waals surface area (Å²) in [5.41, 5.74) is 0.927. The van der Waals surface area contributed by atoms with Gasteiger partial charge in [0.25, 0.3) is 17.4 Å². The number of ether oxygens (including phenoxy) is 1. The SMILES string of the molecule is Cc1ccc(Nc2c(C(=O)N(C)C)c(N(C=O)c3cccc(C(=O)NC4CCOC4)c3)c(C)c(=O)n2C)c(F)c1. The first-order chi connectivity index (χ1) is 19.0. The summed E-state index contributed by atoms with van der Waals surface area (Å²) in [4.78, 5) is 55.0. The van der Waals surface area contributed by atoms with E-state index in [0.29, 0.717) is 37.2 Å². The first kappa shape index (κ1) is 28.5. The van der Waals surface area contributed by atoms with Crippen LogP contribution in [0.1, 0.15) is 38.3 Å². The third-order valence-corrected chi connectivity index (χ3v) is 6.79. The van der Waals surface area contributed by atoms with E-state index in [-0.39, 0.29) is 46.0 Å². The normalized spacial score (nSPS) is 14.5. The topological polar surface area (TPSA) is 113 Å². The highest BCUT2D eigenvalue weighted by Crippen LogP contribution is 2.36. The lowest BCUT2D eigenvalue weighted by molar-refractivity contribution is -0.106. The smallest absolute Gasteiger partial charge is 0.259 e. The monoisotopic (exact) mass is 549 g/mol. The molecule has 0 saturated carbocycles. The quantitative estimate of drug-likeness (QED) is 0.417. The minimum atomic E-state index is -0.573. The Morgan fingerprint density at radius 1 is 1.15 bits per heavy atom. The first-order valence-corrected chi connectivity index (χ1v) is 12.7. The molecule has 1 aliphatic rings. The van der Waals surface area contributed by atoms with Gasteiger partial charge in [0.05, 0.1) is 24.0 Å². The minimum absolute atomic E-state index is 0.00836. The number of benzene rings is 2. The highest BCUT2D eigenvalue weighted by molar-refractivity contribution is 6.09. The third kappa shape index (κ3) is 5.59. The number of aromatic nitrogens is 1. The first-order valence-electron chi connectivity index (χ1n) is 12.7. The molecular formula is C29H32FN5O5. The average Bonchev–Trinajstić information content (AvgIpc) is 3.44. The fourth-order valence-corrected chi connectivity index (χ4v) is 4.60. The van der Waals surface area contributed by atoms with E-state index in [1.54, 1.807) is 31.2 Å². The van der Waals surface area contributed by atoms with Crippen molar-refractivity contribution in [1.82, 2.24) is 14.8 Å². The van der Waals surface area contributed by atoms with Gasteiger partial charge in [0.15, 0.2) is 0 Å². The van der Waals surface area contributed by atoms with Crippen LogP contribution in [0.4, 0.5) is 27.3 Å². The molecule has 0 aliphatic carbocycles. The predicted octanol–water partition coefficient (Wildman–Crippen LogP) is 3.40. The predicted molar refractivity (Wildman–Crippen MR) is 150 cm³/mol. The van der Waals surface area contributed by atoms with E-state index in [2.05, 4.69) is 10.6 Å². The standard InChI is InChI=1S/C29H32FN5O5/c1-17-9-10-23(22(30)13-17)32-26-24(29(39)33(3)4)25(18(2)28(38)34(26)5)35(16-36)21-8-6-7-19(14-21)27(37)31-20-11-12-40-15-20/h6-10,13-14,16,20,32H,11-12,15H2,1-5H3,(H,31,37). The van der Waals surface area contributed by atoms with E-state index in [9.17, 15) is 23.6 Å². The van der Waals surface area contributed by atoms with Gasteiger partial charge in [0.1, 0.15) is 17.2 Å². The maximum Gasteiger partial charge on any atom is 0.259 e. The molecular weight excluding hydrogens is 517 g/mol. The van der Waals surface area contributed by atoms with Gasteiger partial charge in [-0.3, -0.25) is 28.6 Å². The van der Waals surface area contributed by atoms with Crippen LogP contribution in [-0.4, -0.2) is 61.0 Å². The number of pyridine rings is 1. The second-order valence-corrected chi connectivity index (χ2v) is 9.93. The highest BCUT2D eigenvalue weighted by atomic mass is 19.1. The van der Waals surface area contributed by atoms with Crippen molar-refractivity contribution in [2.75, 3.05) is 37.5 Å². The zero-order valence-electron chi connectivity index (χ0n) is 23.1. The molecule has 1 atom stereocenters. The van der Waals surface area contributed by atoms with E-state index in [4.69, 9.17) is 4.74 Å². The van der Waals surface area contributed by atoms with Crippen molar-refractivity contribution in [3.63, 3.8) is 0 Å². The second kappa shape index (κ2) is 11.7. The van der Waals surface area contributed by atoms with Crippen LogP contribution in [0.25, 0.3) is 0 Å². The van der Waals surface area contributed by atoms with Crippen LogP contribution in [0.15, 0.2) is 47.3 Å². The van der Waals surface area contributed by atoms with Crippen molar-refractivity contribution in [3.8, 4) is 0 Å². The number of amides is 3. The fraction of sp³-hybridized carbons (Fsp3) is 0.310. The van der Waals surface area contributed by atoms with E-state index in [1.165, 1.54) is 55.7 Å². The van der Waals surface area contributed by atoms with Crippen LogP contribution in [0.5, 0.6) is 0 Å². The van der Waals surface area contributed by atoms with Gasteiger partial charge in [-0.1, -0.05) is 12.1 Å². The summed E-state index contributed by atoms with van der Waals surface area (Å²) in [6, 6.07) is 10.7. The molecule has 1 fully saturated rings. The number of hydrogen-bond donors (Lipinski definition) is 2. The number of rotatable bonds is 8. The summed E-state index contributed by atoms with van der Waals surface area (Å²) in [5, 5.41) is 5.81. The molecule has 1 unspecified atom stereocenters. The van der Waals surface area contributed by atoms with Crippen molar-refractivity contribution >= 4 is 41.1 Å². The Morgan fingerprint density at radius 2 is 1.90 bits per heavy atom. The van der Waals surface area contributed by atoms with Gasteiger partial charge in [-0.25, -0.2) is 4.39 Å². The molecule has 1 saturated heterocycles. The van der Waals surface area contributed by atoms with Gasteiger partial charge in [-0.15, -0.1) is 0 Å². The van der Waals surface area contributed by atoms with Gasteiger partial charge in [-0.05, 0) is 56.2 Å². The molecule has 1 aliphatic heterocycles. The van der Waals surface area contributed by atoms with Crippen LogP contribution in [0.3, 0.4) is 0 Å². The Balaban J connectivity index is 1.88. The number of aryl methyl sites for hydroxylation is 1. The van der Waals surface area contributed by atoms with E-state index in [1.807, 2.05) is 0 Å². The summed E-state index contributed by atoms with van der Waals surface area (Å²) in [6.07, 6.45) is 1.18. The molecule has 11 heteroatoms. The number of nitrogens with zero attached hydrogens (tertiary/aromatic N) is 3. The van der Waals surface area contributed by atoms with Crippen molar-refractivity contribution in [1.29, 1.82) is 0 Å². The summed E-state index contributed by atoms with van der Waals surface area (Å²) >= 11 is 0. The molecule has 10 nitrogen and oxygen atoms in total. The van der Waals surface area contributed by atoms with Crippen LogP contribution in [-0.2, 0) is 16.6 Å². The Morgan fingerprint density at radius 3 is 2.52 bits per heavy atom. The Hall–Kier alpha value is -4.51. The molecule has 40 heavy (non-hydrogen) atoms. The molecule has 0 spiro atoms. The van der Waals surface area contributed by atoms with E-state index < -0.39 is 17.3 Å². The third-order valence-electron chi connectivity index (χ3n) is 6.79. The summed E-state index contributed by atoms with van der Waals surface area (Å²) in [6.45, 7) is 4.24. The van der Waals surface area contributed by atoms with E-state index >= 15 is 0 Å². The number of carbonyl (C=O) groups is 3. The largest absolute Gasteiger partial charge is 0.379 e. The minimum Gasteiger partial charge on any atom is -0.379 e. The zero-order valence-corrected chi connectivity index (χ0v) is 23.1. The van der Waals surface area contributed by atoms with Gasteiger partial charge in [-0.2, -0.15) is 0 Å². The van der Waals surface area contributed by atoms with Crippen LogP contribution in [0, 0.1) is 19.7 Å². The molecule has 0 bridgehead atoms. The van der Waals surface area contributed by atoms with Crippen molar-refractivity contribution in [3.05, 3.63) is 80.9 Å². The molecule has 3 amide bonds. The van der Waals surface area contributed by atoms with Crippen LogP contribution < -0.4 is 21.1 Å². The van der Waals surface area contributed by atoms with Gasteiger partial charge in [0, 0.05) is 44.6 Å². The molecule has 2 heterocycles. The maximum absolute atomic E-state index is 14.8. The molecule has 1 aromatic heterocycles. The number of anilines is 4. The molecule has 3 aromatic rings. The lowest BCUT2D eigenvalue weighted by Crippen LogP contribution is -2.35. The molecule has 210 valence electrons. The van der Waals surface area contributed by atoms with Crippen molar-refractivity contribution in [2.45, 2.75) is 26.3 Å². The average molecular weight is 550 g/mol. The van der Waals surface area contributed by atoms with Crippen LogP contribution >= 0.6 is 0 Å². The summed E-state index contributed by atoms with van der Waals surface area (Å²) < 4.78 is 21.4. The number of hydrogen-bond acceptors (Lipinski definition) is 6. The molecule has 0 radical (unpaired) electrons. The van der Waals surface area contributed by atoms with E-state index in [0.717, 1.165) is 4.90 Å². The van der Waals surface area contributed by atoms with Gasteiger partial charge < -0.3 is 20.3 Å². The lowest BCUT2D eigenvalue weighted by atomic mass is 10.0.